The van der Waals surface area contributed by atoms with Gasteiger partial charge in [-0.25, -0.2) is 4.98 Å². The molecule has 0 aliphatic rings. The molecule has 8 heteroatoms. The molecule has 1 amide bonds. The number of hydrogen-bond donors (Lipinski definition) is 1. The standard InChI is InChI=1S/C17H15N5O3/c1-10(19-16(23)14-4-3-7-24-14)17-20-15(21-25-17)11-5-6-13-12(8-11)18-9-22(13)2/h3-10H,1-2H3,(H,19,23). The summed E-state index contributed by atoms with van der Waals surface area (Å²) in [5, 5.41) is 6.75. The zero-order valence-electron chi connectivity index (χ0n) is 13.6. The second-order valence-corrected chi connectivity index (χ2v) is 5.69. The summed E-state index contributed by atoms with van der Waals surface area (Å²) in [6, 6.07) is 8.55. The molecule has 0 spiro atoms. The number of amides is 1. The van der Waals surface area contributed by atoms with E-state index < -0.39 is 6.04 Å². The fourth-order valence-corrected chi connectivity index (χ4v) is 2.54. The minimum atomic E-state index is -0.447. The number of aromatic nitrogens is 4. The van der Waals surface area contributed by atoms with Crippen LogP contribution in [-0.4, -0.2) is 25.6 Å². The molecule has 1 atom stereocenters. The highest BCUT2D eigenvalue weighted by Gasteiger charge is 2.19. The molecule has 3 aromatic heterocycles. The molecular formula is C17H15N5O3. The normalized spacial score (nSPS) is 12.4. The summed E-state index contributed by atoms with van der Waals surface area (Å²) < 4.78 is 12.3. The van der Waals surface area contributed by atoms with Crippen molar-refractivity contribution in [1.82, 2.24) is 25.0 Å². The van der Waals surface area contributed by atoms with Gasteiger partial charge in [0.15, 0.2) is 5.76 Å². The number of imidazole rings is 1. The molecule has 0 aliphatic carbocycles. The smallest absolute Gasteiger partial charge is 0.287 e. The Bertz CT molecular complexity index is 1030. The first-order valence-electron chi connectivity index (χ1n) is 7.71. The van der Waals surface area contributed by atoms with Gasteiger partial charge in [0.25, 0.3) is 5.91 Å². The molecular weight excluding hydrogens is 322 g/mol. The van der Waals surface area contributed by atoms with Crippen LogP contribution in [0.1, 0.15) is 29.4 Å². The minimum Gasteiger partial charge on any atom is -0.459 e. The third-order valence-electron chi connectivity index (χ3n) is 3.89. The second-order valence-electron chi connectivity index (χ2n) is 5.69. The van der Waals surface area contributed by atoms with E-state index in [4.69, 9.17) is 8.94 Å². The van der Waals surface area contributed by atoms with Gasteiger partial charge in [0.1, 0.15) is 6.04 Å². The monoisotopic (exact) mass is 337 g/mol. The number of hydrogen-bond acceptors (Lipinski definition) is 6. The van der Waals surface area contributed by atoms with Crippen molar-refractivity contribution in [3.63, 3.8) is 0 Å². The molecule has 0 aliphatic heterocycles. The van der Waals surface area contributed by atoms with Gasteiger partial charge in [-0.15, -0.1) is 0 Å². The summed E-state index contributed by atoms with van der Waals surface area (Å²) in [6.07, 6.45) is 3.19. The molecule has 126 valence electrons. The number of carbonyl (C=O) groups excluding carboxylic acids is 1. The van der Waals surface area contributed by atoms with Crippen LogP contribution in [-0.2, 0) is 7.05 Å². The van der Waals surface area contributed by atoms with E-state index in [0.29, 0.717) is 11.7 Å². The summed E-state index contributed by atoms with van der Waals surface area (Å²) in [5.41, 5.74) is 2.67. The molecule has 0 fully saturated rings. The zero-order valence-corrected chi connectivity index (χ0v) is 13.6. The van der Waals surface area contributed by atoms with Crippen molar-refractivity contribution >= 4 is 16.9 Å². The number of rotatable bonds is 4. The number of nitrogens with one attached hydrogen (secondary N) is 1. The van der Waals surface area contributed by atoms with Crippen LogP contribution in [0.15, 0.2) is 51.9 Å². The van der Waals surface area contributed by atoms with E-state index in [-0.39, 0.29) is 11.7 Å². The molecule has 4 aromatic rings. The Kier molecular flexibility index (Phi) is 3.57. The second kappa shape index (κ2) is 5.90. The third-order valence-corrected chi connectivity index (χ3v) is 3.89. The molecule has 8 nitrogen and oxygen atoms in total. The number of benzene rings is 1. The van der Waals surface area contributed by atoms with Crippen molar-refractivity contribution in [3.05, 3.63) is 54.6 Å². The van der Waals surface area contributed by atoms with Gasteiger partial charge in [0.05, 0.1) is 23.6 Å². The number of nitrogens with zero attached hydrogens (tertiary/aromatic N) is 4. The number of carbonyl (C=O) groups is 1. The average molecular weight is 337 g/mol. The first-order chi connectivity index (χ1) is 12.1. The fourth-order valence-electron chi connectivity index (χ4n) is 2.54. The lowest BCUT2D eigenvalue weighted by Crippen LogP contribution is -2.26. The lowest BCUT2D eigenvalue weighted by atomic mass is 10.2. The Morgan fingerprint density at radius 2 is 2.20 bits per heavy atom. The van der Waals surface area contributed by atoms with Gasteiger partial charge in [-0.1, -0.05) is 5.16 Å². The van der Waals surface area contributed by atoms with Crippen LogP contribution in [0.4, 0.5) is 0 Å². The maximum absolute atomic E-state index is 12.0. The van der Waals surface area contributed by atoms with Crippen molar-refractivity contribution in [1.29, 1.82) is 0 Å². The summed E-state index contributed by atoms with van der Waals surface area (Å²) in [7, 11) is 1.94. The van der Waals surface area contributed by atoms with Crippen LogP contribution in [0.5, 0.6) is 0 Å². The Labute approximate surface area is 142 Å². The van der Waals surface area contributed by atoms with Crippen LogP contribution in [0.2, 0.25) is 0 Å². The quantitative estimate of drug-likeness (QED) is 0.615. The van der Waals surface area contributed by atoms with E-state index in [2.05, 4.69) is 20.4 Å². The van der Waals surface area contributed by atoms with Crippen LogP contribution in [0.25, 0.3) is 22.4 Å². The van der Waals surface area contributed by atoms with Gasteiger partial charge in [-0.2, -0.15) is 4.98 Å². The van der Waals surface area contributed by atoms with E-state index in [0.717, 1.165) is 16.6 Å². The molecule has 1 unspecified atom stereocenters. The summed E-state index contributed by atoms with van der Waals surface area (Å²) in [5.74, 6) is 0.650. The van der Waals surface area contributed by atoms with E-state index in [1.807, 2.05) is 29.8 Å². The number of furan rings is 1. The van der Waals surface area contributed by atoms with Crippen molar-refractivity contribution in [2.45, 2.75) is 13.0 Å². The van der Waals surface area contributed by atoms with Crippen molar-refractivity contribution < 1.29 is 13.7 Å². The fraction of sp³-hybridized carbons (Fsp3) is 0.176. The topological polar surface area (TPSA) is 99.0 Å². The molecule has 0 bridgehead atoms. The van der Waals surface area contributed by atoms with Gasteiger partial charge in [0, 0.05) is 12.6 Å². The van der Waals surface area contributed by atoms with Crippen molar-refractivity contribution in [2.75, 3.05) is 0 Å². The number of aryl methyl sites for hydroxylation is 1. The summed E-state index contributed by atoms with van der Waals surface area (Å²) >= 11 is 0. The van der Waals surface area contributed by atoms with E-state index in [9.17, 15) is 4.79 Å². The Balaban J connectivity index is 1.55. The van der Waals surface area contributed by atoms with Gasteiger partial charge in [-0.3, -0.25) is 4.79 Å². The van der Waals surface area contributed by atoms with Crippen LogP contribution >= 0.6 is 0 Å². The Morgan fingerprint density at radius 1 is 1.32 bits per heavy atom. The summed E-state index contributed by atoms with van der Waals surface area (Å²) in [4.78, 5) is 20.7. The van der Waals surface area contributed by atoms with Crippen molar-refractivity contribution in [2.24, 2.45) is 7.05 Å². The predicted octanol–water partition coefficient (Wildman–Crippen LogP) is 2.71. The number of fused-ring (bicyclic) bond motifs is 1. The highest BCUT2D eigenvalue weighted by atomic mass is 16.5. The molecule has 0 saturated heterocycles. The lowest BCUT2D eigenvalue weighted by Gasteiger charge is -2.07. The Morgan fingerprint density at radius 3 is 3.00 bits per heavy atom. The maximum Gasteiger partial charge on any atom is 0.287 e. The molecule has 25 heavy (non-hydrogen) atoms. The van der Waals surface area contributed by atoms with E-state index in [1.54, 1.807) is 25.4 Å². The van der Waals surface area contributed by atoms with Gasteiger partial charge in [0.2, 0.25) is 11.7 Å². The summed E-state index contributed by atoms with van der Waals surface area (Å²) in [6.45, 7) is 1.76. The minimum absolute atomic E-state index is 0.229. The molecule has 1 aromatic carbocycles. The molecule has 3 heterocycles. The molecule has 4 rings (SSSR count). The van der Waals surface area contributed by atoms with Gasteiger partial charge >= 0.3 is 0 Å². The highest BCUT2D eigenvalue weighted by molar-refractivity contribution is 5.91. The van der Waals surface area contributed by atoms with E-state index in [1.165, 1.54) is 6.26 Å². The van der Waals surface area contributed by atoms with Crippen LogP contribution < -0.4 is 5.32 Å². The van der Waals surface area contributed by atoms with Crippen LogP contribution in [0, 0.1) is 0 Å². The third kappa shape index (κ3) is 2.78. The van der Waals surface area contributed by atoms with Crippen molar-refractivity contribution in [3.8, 4) is 11.4 Å². The average Bonchev–Trinajstić information content (AvgIpc) is 3.36. The first-order valence-corrected chi connectivity index (χ1v) is 7.71. The molecule has 0 saturated carbocycles. The Hall–Kier alpha value is -3.42. The largest absolute Gasteiger partial charge is 0.459 e. The zero-order chi connectivity index (χ0) is 17.4. The first kappa shape index (κ1) is 15.1. The highest BCUT2D eigenvalue weighted by Crippen LogP contribution is 2.22. The molecule has 1 N–H and O–H groups in total. The molecule has 0 radical (unpaired) electrons. The van der Waals surface area contributed by atoms with Gasteiger partial charge < -0.3 is 18.8 Å². The lowest BCUT2D eigenvalue weighted by molar-refractivity contribution is 0.0904. The van der Waals surface area contributed by atoms with E-state index >= 15 is 0 Å². The maximum atomic E-state index is 12.0. The van der Waals surface area contributed by atoms with Crippen LogP contribution in [0.3, 0.4) is 0 Å². The SMILES string of the molecule is CC(NC(=O)c1ccco1)c1nc(-c2ccc3c(c2)ncn3C)no1. The van der Waals surface area contributed by atoms with Gasteiger partial charge in [-0.05, 0) is 37.3 Å². The predicted molar refractivity (Wildman–Crippen MR) is 88.6 cm³/mol.